The number of nitrogens with one attached hydrogen (secondary N) is 2. The van der Waals surface area contributed by atoms with Crippen LogP contribution < -0.4 is 10.6 Å². The molecule has 0 aliphatic carbocycles. The highest BCUT2D eigenvalue weighted by atomic mass is 32.2. The molecule has 0 spiro atoms. The minimum Gasteiger partial charge on any atom is -0.354 e. The Morgan fingerprint density at radius 1 is 1.00 bits per heavy atom. The summed E-state index contributed by atoms with van der Waals surface area (Å²) in [5.41, 5.74) is 2.58. The van der Waals surface area contributed by atoms with E-state index in [1.165, 1.54) is 4.90 Å². The van der Waals surface area contributed by atoms with Crippen molar-refractivity contribution < 1.29 is 9.59 Å². The number of benzene rings is 2. The van der Waals surface area contributed by atoms with Gasteiger partial charge < -0.3 is 10.6 Å². The van der Waals surface area contributed by atoms with Crippen LogP contribution in [0, 0.1) is 5.92 Å². The molecule has 0 atom stereocenters. The Morgan fingerprint density at radius 2 is 1.72 bits per heavy atom. The average Bonchev–Trinajstić information content (AvgIpc) is 2.64. The van der Waals surface area contributed by atoms with Crippen molar-refractivity contribution in [1.29, 1.82) is 0 Å². The number of hydrogen-bond donors (Lipinski definition) is 2. The molecule has 0 heterocycles. The first-order valence-corrected chi connectivity index (χ1v) is 9.51. The molecule has 0 radical (unpaired) electrons. The first-order chi connectivity index (χ1) is 12.0. The number of carbonyl (C=O) groups excluding carboxylic acids is 2. The summed E-state index contributed by atoms with van der Waals surface area (Å²) in [5.74, 6) is -0.0398. The van der Waals surface area contributed by atoms with Gasteiger partial charge in [-0.25, -0.2) is 0 Å². The Kier molecular flexibility index (Phi) is 7.07. The lowest BCUT2D eigenvalue weighted by Crippen LogP contribution is -2.38. The van der Waals surface area contributed by atoms with Crippen molar-refractivity contribution in [2.75, 3.05) is 19.3 Å². The summed E-state index contributed by atoms with van der Waals surface area (Å²) >= 11 is 1.69. The molecule has 0 bridgehead atoms. The van der Waals surface area contributed by atoms with Crippen LogP contribution in [0.5, 0.6) is 0 Å². The second kappa shape index (κ2) is 9.28. The fourth-order valence-electron chi connectivity index (χ4n) is 2.27. The molecule has 0 saturated heterocycles. The van der Waals surface area contributed by atoms with E-state index in [4.69, 9.17) is 0 Å². The van der Waals surface area contributed by atoms with Crippen LogP contribution in [0.25, 0.3) is 11.1 Å². The molecule has 2 N–H and O–H groups in total. The Morgan fingerprint density at radius 3 is 2.36 bits per heavy atom. The highest BCUT2D eigenvalue weighted by molar-refractivity contribution is 7.98. The van der Waals surface area contributed by atoms with Gasteiger partial charge in [-0.2, -0.15) is 0 Å². The second-order valence-corrected chi connectivity index (χ2v) is 7.07. The van der Waals surface area contributed by atoms with E-state index in [0.717, 1.165) is 11.1 Å². The average molecular weight is 356 g/mol. The summed E-state index contributed by atoms with van der Waals surface area (Å²) < 4.78 is 0. The van der Waals surface area contributed by atoms with E-state index in [9.17, 15) is 9.59 Å². The van der Waals surface area contributed by atoms with Crippen LogP contribution in [0.1, 0.15) is 24.2 Å². The van der Waals surface area contributed by atoms with Gasteiger partial charge >= 0.3 is 0 Å². The highest BCUT2D eigenvalue weighted by Gasteiger charge is 2.09. The molecule has 25 heavy (non-hydrogen) atoms. The summed E-state index contributed by atoms with van der Waals surface area (Å²) in [7, 11) is 0. The molecule has 5 heteroatoms. The SMILES string of the molecule is CSc1ccc(-c2cccc(C(=O)NCC(=O)NCC(C)C)c2)cc1. The molecule has 4 nitrogen and oxygen atoms in total. The maximum Gasteiger partial charge on any atom is 0.251 e. The molecule has 132 valence electrons. The Bertz CT molecular complexity index is 727. The van der Waals surface area contributed by atoms with Crippen LogP contribution in [0.2, 0.25) is 0 Å². The molecular formula is C20H24N2O2S. The lowest BCUT2D eigenvalue weighted by molar-refractivity contribution is -0.120. The standard InChI is InChI=1S/C20H24N2O2S/c1-14(2)12-21-19(23)13-22-20(24)17-6-4-5-16(11-17)15-7-9-18(25-3)10-8-15/h4-11,14H,12-13H2,1-3H3,(H,21,23)(H,22,24). The van der Waals surface area contributed by atoms with Gasteiger partial charge in [-0.15, -0.1) is 11.8 Å². The monoisotopic (exact) mass is 356 g/mol. The highest BCUT2D eigenvalue weighted by Crippen LogP contribution is 2.23. The van der Waals surface area contributed by atoms with Gasteiger partial charge in [0.2, 0.25) is 5.91 Å². The van der Waals surface area contributed by atoms with Gasteiger partial charge in [-0.3, -0.25) is 9.59 Å². The topological polar surface area (TPSA) is 58.2 Å². The summed E-state index contributed by atoms with van der Waals surface area (Å²) in [6.07, 6.45) is 2.04. The quantitative estimate of drug-likeness (QED) is 0.746. The van der Waals surface area contributed by atoms with E-state index >= 15 is 0 Å². The molecular weight excluding hydrogens is 332 g/mol. The van der Waals surface area contributed by atoms with Crippen LogP contribution in [0.15, 0.2) is 53.4 Å². The third-order valence-corrected chi connectivity index (χ3v) is 4.41. The van der Waals surface area contributed by atoms with Gasteiger partial charge in [0, 0.05) is 17.0 Å². The minimum absolute atomic E-state index is 0.0157. The van der Waals surface area contributed by atoms with Crippen LogP contribution in [0.4, 0.5) is 0 Å². The Hall–Kier alpha value is -2.27. The molecule has 0 aliphatic heterocycles. The number of thioether (sulfide) groups is 1. The maximum atomic E-state index is 12.3. The van der Waals surface area contributed by atoms with Crippen LogP contribution in [0.3, 0.4) is 0 Å². The fraction of sp³-hybridized carbons (Fsp3) is 0.300. The Labute approximate surface area is 153 Å². The lowest BCUT2D eigenvalue weighted by Gasteiger charge is -2.09. The van der Waals surface area contributed by atoms with E-state index in [-0.39, 0.29) is 18.4 Å². The van der Waals surface area contributed by atoms with Crippen molar-refractivity contribution in [2.24, 2.45) is 5.92 Å². The van der Waals surface area contributed by atoms with Crippen molar-refractivity contribution >= 4 is 23.6 Å². The van der Waals surface area contributed by atoms with Crippen molar-refractivity contribution in [2.45, 2.75) is 18.7 Å². The smallest absolute Gasteiger partial charge is 0.251 e. The molecule has 0 fully saturated rings. The van der Waals surface area contributed by atoms with E-state index in [2.05, 4.69) is 22.8 Å². The molecule has 0 aliphatic rings. The predicted molar refractivity (Wildman–Crippen MR) is 104 cm³/mol. The zero-order valence-electron chi connectivity index (χ0n) is 14.8. The van der Waals surface area contributed by atoms with E-state index < -0.39 is 0 Å². The van der Waals surface area contributed by atoms with Gasteiger partial charge in [0.1, 0.15) is 0 Å². The van der Waals surface area contributed by atoms with Crippen LogP contribution >= 0.6 is 11.8 Å². The normalized spacial score (nSPS) is 10.6. The van der Waals surface area contributed by atoms with Gasteiger partial charge in [0.25, 0.3) is 5.91 Å². The van der Waals surface area contributed by atoms with Crippen molar-refractivity contribution in [1.82, 2.24) is 10.6 Å². The molecule has 2 amide bonds. The van der Waals surface area contributed by atoms with E-state index in [1.807, 2.05) is 50.4 Å². The number of amides is 2. The largest absolute Gasteiger partial charge is 0.354 e. The van der Waals surface area contributed by atoms with Crippen molar-refractivity contribution in [3.05, 3.63) is 54.1 Å². The van der Waals surface area contributed by atoms with Gasteiger partial charge in [0.05, 0.1) is 6.54 Å². The van der Waals surface area contributed by atoms with Crippen molar-refractivity contribution in [3.8, 4) is 11.1 Å². The molecule has 2 aromatic carbocycles. The summed E-state index contributed by atoms with van der Waals surface area (Å²) in [6, 6.07) is 15.6. The minimum atomic E-state index is -0.248. The van der Waals surface area contributed by atoms with Gasteiger partial charge in [-0.1, -0.05) is 38.1 Å². The zero-order valence-corrected chi connectivity index (χ0v) is 15.7. The number of carbonyl (C=O) groups is 2. The van der Waals surface area contributed by atoms with Crippen LogP contribution in [-0.4, -0.2) is 31.2 Å². The Balaban J connectivity index is 1.99. The van der Waals surface area contributed by atoms with Gasteiger partial charge in [-0.05, 0) is 47.6 Å². The zero-order chi connectivity index (χ0) is 18.2. The van der Waals surface area contributed by atoms with Gasteiger partial charge in [0.15, 0.2) is 0 Å². The number of hydrogen-bond acceptors (Lipinski definition) is 3. The summed E-state index contributed by atoms with van der Waals surface area (Å²) in [4.78, 5) is 25.2. The molecule has 2 rings (SSSR count). The van der Waals surface area contributed by atoms with E-state index in [1.54, 1.807) is 17.8 Å². The molecule has 0 aromatic heterocycles. The lowest BCUT2D eigenvalue weighted by atomic mass is 10.0. The van der Waals surface area contributed by atoms with E-state index in [0.29, 0.717) is 18.0 Å². The molecule has 0 unspecified atom stereocenters. The summed E-state index contributed by atoms with van der Waals surface area (Å²) in [6.45, 7) is 4.64. The summed E-state index contributed by atoms with van der Waals surface area (Å²) in [5, 5.41) is 5.45. The third-order valence-electron chi connectivity index (χ3n) is 3.67. The second-order valence-electron chi connectivity index (χ2n) is 6.19. The third kappa shape index (κ3) is 5.94. The fourth-order valence-corrected chi connectivity index (χ4v) is 2.67. The van der Waals surface area contributed by atoms with Crippen LogP contribution in [-0.2, 0) is 4.79 Å². The number of rotatable bonds is 7. The molecule has 0 saturated carbocycles. The first kappa shape index (κ1) is 19.1. The van der Waals surface area contributed by atoms with Crippen molar-refractivity contribution in [3.63, 3.8) is 0 Å². The maximum absolute atomic E-state index is 12.3. The first-order valence-electron chi connectivity index (χ1n) is 8.29. The molecule has 2 aromatic rings. The predicted octanol–water partition coefficient (Wildman–Crippen LogP) is 3.58.